The number of carbonyl (C=O) groups excluding carboxylic acids is 1. The number of aliphatic carboxylic acids is 1. The maximum Gasteiger partial charge on any atom is 0.322 e. The number of rotatable bonds is 6. The number of aliphatic hydroxyl groups is 2. The maximum atomic E-state index is 12.1. The van der Waals surface area contributed by atoms with Crippen molar-refractivity contribution in [1.29, 1.82) is 0 Å². The highest BCUT2D eigenvalue weighted by Crippen LogP contribution is 2.68. The molecule has 4 aliphatic carbocycles. The van der Waals surface area contributed by atoms with Gasteiger partial charge in [0.25, 0.3) is 0 Å². The van der Waals surface area contributed by atoms with Crippen LogP contribution >= 0.6 is 0 Å². The number of carboxylic acids is 1. The van der Waals surface area contributed by atoms with Crippen LogP contribution in [0, 0.1) is 46.3 Å². The summed E-state index contributed by atoms with van der Waals surface area (Å²) in [7, 11) is 0. The quantitative estimate of drug-likeness (QED) is 0.492. The van der Waals surface area contributed by atoms with Crippen LogP contribution in [0.15, 0.2) is 0 Å². The zero-order valence-electron chi connectivity index (χ0n) is 23.6. The summed E-state index contributed by atoms with van der Waals surface area (Å²) in [6.45, 7) is 5.90. The van der Waals surface area contributed by atoms with Crippen molar-refractivity contribution in [2.45, 2.75) is 97.1 Å². The van der Waals surface area contributed by atoms with Crippen LogP contribution < -0.4 is 5.32 Å². The Hall–Kier alpha value is -1.14. The van der Waals surface area contributed by atoms with Crippen molar-refractivity contribution in [3.05, 3.63) is 0 Å². The van der Waals surface area contributed by atoms with Gasteiger partial charge in [0.2, 0.25) is 5.91 Å². The molecule has 6 heteroatoms. The van der Waals surface area contributed by atoms with E-state index in [0.29, 0.717) is 19.3 Å². The van der Waals surface area contributed by atoms with Gasteiger partial charge in [-0.05, 0) is 104 Å². The SMILES string of the molecule is [2H]C1([2H])C[C@@]2(C)[C@H](CC[C@@H]3[C@@H]2C[C@H](O)[C@]2(C)[C@@H]([C@H](C)CCC(=O)NCC(=O)O)CC[C@@H]32)C([2H])([2H])[C@@H]1O. The predicted molar refractivity (Wildman–Crippen MR) is 122 cm³/mol. The Morgan fingerprint density at radius 3 is 2.62 bits per heavy atom. The molecule has 0 saturated heterocycles. The molecule has 0 aliphatic heterocycles. The van der Waals surface area contributed by atoms with E-state index >= 15 is 0 Å². The second-order valence-electron chi connectivity index (χ2n) is 11.5. The third kappa shape index (κ3) is 4.00. The van der Waals surface area contributed by atoms with Gasteiger partial charge in [0.15, 0.2) is 0 Å². The van der Waals surface area contributed by atoms with Gasteiger partial charge in [-0.2, -0.15) is 0 Å². The standard InChI is InChI=1S/C26H43NO5/c1-15(4-9-23(30)27-14-24(31)32)19-7-8-20-18-6-5-16-12-17(28)10-11-25(16,2)21(18)13-22(29)26(19,20)3/h15-22,28-29H,4-14H2,1-3H3,(H,27,30)(H,31,32)/t15-,16-,17-,18+,19-,20+,21+,22+,25+,26-/m1/s1/i10D2,12D2. The zero-order valence-corrected chi connectivity index (χ0v) is 19.6. The molecule has 1 amide bonds. The summed E-state index contributed by atoms with van der Waals surface area (Å²) in [6.07, 6.45) is -1.45. The smallest absolute Gasteiger partial charge is 0.322 e. The molecule has 4 aliphatic rings. The molecule has 0 aromatic carbocycles. The number of hydrogen-bond donors (Lipinski definition) is 4. The highest BCUT2D eigenvalue weighted by atomic mass is 16.4. The van der Waals surface area contributed by atoms with Crippen molar-refractivity contribution < 1.29 is 30.4 Å². The van der Waals surface area contributed by atoms with Crippen molar-refractivity contribution in [2.75, 3.05) is 6.54 Å². The summed E-state index contributed by atoms with van der Waals surface area (Å²) in [6, 6.07) is 0. The van der Waals surface area contributed by atoms with Gasteiger partial charge in [0.1, 0.15) is 6.54 Å². The maximum absolute atomic E-state index is 12.1. The van der Waals surface area contributed by atoms with Crippen molar-refractivity contribution in [1.82, 2.24) is 5.32 Å². The van der Waals surface area contributed by atoms with Gasteiger partial charge in [0, 0.05) is 11.9 Å². The van der Waals surface area contributed by atoms with Crippen LogP contribution in [0.2, 0.25) is 0 Å². The van der Waals surface area contributed by atoms with Crippen molar-refractivity contribution in [2.24, 2.45) is 46.3 Å². The van der Waals surface area contributed by atoms with Gasteiger partial charge in [-0.1, -0.05) is 20.8 Å². The Labute approximate surface area is 198 Å². The summed E-state index contributed by atoms with van der Waals surface area (Å²) >= 11 is 0. The summed E-state index contributed by atoms with van der Waals surface area (Å²) < 4.78 is 34.2. The normalized spacial score (nSPS) is 51.5. The molecular formula is C26H43NO5. The summed E-state index contributed by atoms with van der Waals surface area (Å²) in [5.74, 6) is -0.857. The molecular weight excluding hydrogens is 406 g/mol. The average molecular weight is 454 g/mol. The van der Waals surface area contributed by atoms with Crippen LogP contribution in [0.4, 0.5) is 0 Å². The summed E-state index contributed by atoms with van der Waals surface area (Å²) in [5, 5.41) is 33.4. The Morgan fingerprint density at radius 1 is 1.16 bits per heavy atom. The fraction of sp³-hybridized carbons (Fsp3) is 0.923. The molecule has 0 aromatic heterocycles. The lowest BCUT2D eigenvalue weighted by Gasteiger charge is -2.62. The minimum atomic E-state index is -2.02. The number of fused-ring (bicyclic) bond motifs is 5. The molecule has 6 nitrogen and oxygen atoms in total. The average Bonchev–Trinajstić information content (AvgIpc) is 3.14. The van der Waals surface area contributed by atoms with Crippen LogP contribution in [-0.4, -0.2) is 45.9 Å². The largest absolute Gasteiger partial charge is 0.480 e. The third-order valence-corrected chi connectivity index (χ3v) is 10.0. The van der Waals surface area contributed by atoms with Gasteiger partial charge in [-0.3, -0.25) is 9.59 Å². The number of aliphatic hydroxyl groups excluding tert-OH is 2. The molecule has 0 heterocycles. The van der Waals surface area contributed by atoms with Gasteiger partial charge < -0.3 is 20.6 Å². The number of carboxylic acid groups (broad SMARTS) is 1. The van der Waals surface area contributed by atoms with Gasteiger partial charge >= 0.3 is 5.97 Å². The van der Waals surface area contributed by atoms with E-state index in [4.69, 9.17) is 10.6 Å². The number of carbonyl (C=O) groups is 2. The lowest BCUT2D eigenvalue weighted by molar-refractivity contribution is -0.175. The molecule has 0 aromatic rings. The molecule has 10 atom stereocenters. The van der Waals surface area contributed by atoms with Crippen molar-refractivity contribution in [3.63, 3.8) is 0 Å². The van der Waals surface area contributed by atoms with E-state index in [9.17, 15) is 19.8 Å². The molecule has 4 N–H and O–H groups in total. The van der Waals surface area contributed by atoms with Crippen LogP contribution in [0.3, 0.4) is 0 Å². The van der Waals surface area contributed by atoms with Crippen LogP contribution in [0.1, 0.15) is 90.4 Å². The molecule has 0 unspecified atom stereocenters. The summed E-state index contributed by atoms with van der Waals surface area (Å²) in [4.78, 5) is 22.8. The van der Waals surface area contributed by atoms with E-state index in [1.807, 2.05) is 6.92 Å². The van der Waals surface area contributed by atoms with E-state index < -0.39 is 42.3 Å². The number of hydrogen-bond acceptors (Lipinski definition) is 4. The van der Waals surface area contributed by atoms with Gasteiger partial charge in [-0.25, -0.2) is 0 Å². The lowest BCUT2D eigenvalue weighted by Crippen LogP contribution is -2.58. The highest BCUT2D eigenvalue weighted by molar-refractivity contribution is 5.81. The fourth-order valence-corrected chi connectivity index (χ4v) is 8.30. The second-order valence-corrected chi connectivity index (χ2v) is 11.5. The molecule has 4 saturated carbocycles. The highest BCUT2D eigenvalue weighted by Gasteiger charge is 2.63. The van der Waals surface area contributed by atoms with E-state index in [1.165, 1.54) is 0 Å². The molecule has 4 fully saturated rings. The first-order valence-electron chi connectivity index (χ1n) is 14.4. The molecule has 4 rings (SSSR count). The Morgan fingerprint density at radius 2 is 1.91 bits per heavy atom. The van der Waals surface area contributed by atoms with Crippen LogP contribution in [0.5, 0.6) is 0 Å². The first-order valence-corrected chi connectivity index (χ1v) is 12.4. The minimum absolute atomic E-state index is 0.00201. The van der Waals surface area contributed by atoms with Crippen LogP contribution in [-0.2, 0) is 9.59 Å². The number of nitrogens with one attached hydrogen (secondary N) is 1. The van der Waals surface area contributed by atoms with Crippen molar-refractivity contribution in [3.8, 4) is 0 Å². The van der Waals surface area contributed by atoms with Gasteiger partial charge in [0.05, 0.1) is 12.2 Å². The van der Waals surface area contributed by atoms with E-state index in [0.717, 1.165) is 19.3 Å². The Kier molecular flexibility index (Phi) is 5.34. The van der Waals surface area contributed by atoms with Crippen molar-refractivity contribution >= 4 is 11.9 Å². The fourth-order valence-electron chi connectivity index (χ4n) is 8.30. The predicted octanol–water partition coefficient (Wildman–Crippen LogP) is 3.59. The first kappa shape index (κ1) is 19.2. The Bertz CT molecular complexity index is 886. The third-order valence-electron chi connectivity index (χ3n) is 10.0. The zero-order chi connectivity index (χ0) is 26.8. The minimum Gasteiger partial charge on any atom is -0.480 e. The molecule has 0 radical (unpaired) electrons. The monoisotopic (exact) mass is 453 g/mol. The summed E-state index contributed by atoms with van der Waals surface area (Å²) in [5.41, 5.74) is -0.961. The second kappa shape index (κ2) is 8.90. The van der Waals surface area contributed by atoms with E-state index in [-0.39, 0.29) is 60.3 Å². The molecule has 182 valence electrons. The van der Waals surface area contributed by atoms with E-state index in [1.54, 1.807) is 0 Å². The number of amides is 1. The first-order chi connectivity index (χ1) is 16.6. The molecule has 0 spiro atoms. The van der Waals surface area contributed by atoms with Gasteiger partial charge in [-0.15, -0.1) is 0 Å². The lowest BCUT2D eigenvalue weighted by atomic mass is 9.43. The Balaban J connectivity index is 1.53. The van der Waals surface area contributed by atoms with Crippen LogP contribution in [0.25, 0.3) is 0 Å². The topological polar surface area (TPSA) is 107 Å². The molecule has 32 heavy (non-hydrogen) atoms. The van der Waals surface area contributed by atoms with E-state index in [2.05, 4.69) is 19.2 Å². The molecule has 0 bridgehead atoms.